The van der Waals surface area contributed by atoms with Crippen LogP contribution in [-0.4, -0.2) is 59.8 Å². The van der Waals surface area contributed by atoms with Crippen LogP contribution in [0.2, 0.25) is 0 Å². The van der Waals surface area contributed by atoms with E-state index in [9.17, 15) is 13.2 Å². The molecule has 114 valence electrons. The van der Waals surface area contributed by atoms with Gasteiger partial charge in [0, 0.05) is 25.2 Å². The van der Waals surface area contributed by atoms with Crippen LogP contribution in [0, 0.1) is 0 Å². The number of carbonyl (C=O) groups is 1. The summed E-state index contributed by atoms with van der Waals surface area (Å²) in [6, 6.07) is 1.80. The summed E-state index contributed by atoms with van der Waals surface area (Å²) in [5.74, 6) is 0.558. The molecule has 1 amide bonds. The minimum Gasteiger partial charge on any atom is -0.367 e. The molecule has 1 atom stereocenters. The summed E-state index contributed by atoms with van der Waals surface area (Å²) in [4.78, 5) is 22.0. The lowest BCUT2D eigenvalue weighted by Gasteiger charge is -2.23. The molecule has 2 fully saturated rings. The molecule has 1 N–H and O–H groups in total. The van der Waals surface area contributed by atoms with Gasteiger partial charge in [-0.05, 0) is 19.3 Å². The fourth-order valence-corrected chi connectivity index (χ4v) is 4.19. The fourth-order valence-electron chi connectivity index (χ4n) is 2.42. The van der Waals surface area contributed by atoms with Gasteiger partial charge in [0.2, 0.25) is 0 Å². The van der Waals surface area contributed by atoms with Gasteiger partial charge < -0.3 is 10.2 Å². The molecule has 0 aromatic carbocycles. The molecule has 1 aromatic rings. The second kappa shape index (κ2) is 5.25. The van der Waals surface area contributed by atoms with Crippen molar-refractivity contribution in [1.29, 1.82) is 0 Å². The molecule has 2 heterocycles. The summed E-state index contributed by atoms with van der Waals surface area (Å²) in [6.45, 7) is 0. The standard InChI is InChI=1S/C13H18N4O3S/c1-17(10-4-5-21(19,20)7-10)13(18)11-6-12(15-8-14-11)16-9-2-3-9/h6,8-10H,2-5,7H2,1H3,(H,14,15,16). The Hall–Kier alpha value is -1.70. The molecular formula is C13H18N4O3S. The lowest BCUT2D eigenvalue weighted by Crippen LogP contribution is -2.38. The zero-order chi connectivity index (χ0) is 15.0. The summed E-state index contributed by atoms with van der Waals surface area (Å²) in [6.07, 6.45) is 4.08. The Labute approximate surface area is 123 Å². The molecule has 1 saturated carbocycles. The monoisotopic (exact) mass is 310 g/mol. The molecule has 0 radical (unpaired) electrons. The van der Waals surface area contributed by atoms with Crippen molar-refractivity contribution in [3.8, 4) is 0 Å². The van der Waals surface area contributed by atoms with E-state index >= 15 is 0 Å². The second-order valence-electron chi connectivity index (χ2n) is 5.68. The van der Waals surface area contributed by atoms with Gasteiger partial charge in [-0.3, -0.25) is 4.79 Å². The Morgan fingerprint density at radius 2 is 2.10 bits per heavy atom. The molecule has 8 heteroatoms. The molecule has 1 aliphatic carbocycles. The van der Waals surface area contributed by atoms with E-state index < -0.39 is 9.84 Å². The number of nitrogens with one attached hydrogen (secondary N) is 1. The lowest BCUT2D eigenvalue weighted by atomic mass is 10.2. The van der Waals surface area contributed by atoms with Gasteiger partial charge in [0.25, 0.3) is 5.91 Å². The van der Waals surface area contributed by atoms with E-state index in [1.165, 1.54) is 11.2 Å². The van der Waals surface area contributed by atoms with Gasteiger partial charge >= 0.3 is 0 Å². The first-order valence-corrected chi connectivity index (χ1v) is 8.83. The van der Waals surface area contributed by atoms with Gasteiger partial charge in [-0.15, -0.1) is 0 Å². The third kappa shape index (κ3) is 3.31. The zero-order valence-electron chi connectivity index (χ0n) is 11.8. The number of hydrogen-bond acceptors (Lipinski definition) is 6. The molecule has 21 heavy (non-hydrogen) atoms. The van der Waals surface area contributed by atoms with Crippen molar-refractivity contribution >= 4 is 21.6 Å². The summed E-state index contributed by atoms with van der Waals surface area (Å²) < 4.78 is 23.0. The van der Waals surface area contributed by atoms with E-state index in [1.54, 1.807) is 13.1 Å². The largest absolute Gasteiger partial charge is 0.367 e. The smallest absolute Gasteiger partial charge is 0.272 e. The molecular weight excluding hydrogens is 292 g/mol. The van der Waals surface area contributed by atoms with E-state index in [1.807, 2.05) is 0 Å². The van der Waals surface area contributed by atoms with Crippen LogP contribution in [0.25, 0.3) is 0 Å². The lowest BCUT2D eigenvalue weighted by molar-refractivity contribution is 0.0741. The molecule has 0 spiro atoms. The fraction of sp³-hybridized carbons (Fsp3) is 0.615. The average molecular weight is 310 g/mol. The van der Waals surface area contributed by atoms with Gasteiger partial charge in [-0.2, -0.15) is 0 Å². The normalized spacial score (nSPS) is 23.8. The van der Waals surface area contributed by atoms with Crippen molar-refractivity contribution in [3.05, 3.63) is 18.1 Å². The molecule has 3 rings (SSSR count). The Bertz CT molecular complexity index is 657. The van der Waals surface area contributed by atoms with Crippen LogP contribution in [0.3, 0.4) is 0 Å². The molecule has 1 unspecified atom stereocenters. The van der Waals surface area contributed by atoms with Crippen molar-refractivity contribution in [3.63, 3.8) is 0 Å². The maximum absolute atomic E-state index is 12.4. The summed E-state index contributed by atoms with van der Waals surface area (Å²) in [7, 11) is -1.38. The van der Waals surface area contributed by atoms with E-state index in [4.69, 9.17) is 0 Å². The van der Waals surface area contributed by atoms with E-state index in [2.05, 4.69) is 15.3 Å². The minimum atomic E-state index is -3.01. The number of carbonyl (C=O) groups excluding carboxylic acids is 1. The van der Waals surface area contributed by atoms with Crippen molar-refractivity contribution < 1.29 is 13.2 Å². The Morgan fingerprint density at radius 3 is 2.71 bits per heavy atom. The summed E-state index contributed by atoms with van der Waals surface area (Å²) in [5.41, 5.74) is 0.292. The molecule has 1 aliphatic heterocycles. The van der Waals surface area contributed by atoms with Gasteiger partial charge in [0.1, 0.15) is 17.8 Å². The molecule has 1 aromatic heterocycles. The van der Waals surface area contributed by atoms with Crippen LogP contribution in [0.5, 0.6) is 0 Å². The van der Waals surface area contributed by atoms with Crippen molar-refractivity contribution in [2.24, 2.45) is 0 Å². The predicted molar refractivity (Wildman–Crippen MR) is 77.8 cm³/mol. The maximum atomic E-state index is 12.4. The van der Waals surface area contributed by atoms with Crippen LogP contribution in [0.1, 0.15) is 29.8 Å². The van der Waals surface area contributed by atoms with E-state index in [-0.39, 0.29) is 23.5 Å². The SMILES string of the molecule is CN(C(=O)c1cc(NC2CC2)ncn1)C1CCS(=O)(=O)C1. The first-order valence-electron chi connectivity index (χ1n) is 7.01. The number of hydrogen-bond donors (Lipinski definition) is 1. The average Bonchev–Trinajstić information content (AvgIpc) is 3.19. The van der Waals surface area contributed by atoms with E-state index in [0.717, 1.165) is 12.8 Å². The Kier molecular flexibility index (Phi) is 3.56. The highest BCUT2D eigenvalue weighted by atomic mass is 32.2. The van der Waals surface area contributed by atoms with Gasteiger partial charge in [-0.25, -0.2) is 18.4 Å². The highest BCUT2D eigenvalue weighted by Crippen LogP contribution is 2.24. The maximum Gasteiger partial charge on any atom is 0.272 e. The van der Waals surface area contributed by atoms with Crippen LogP contribution >= 0.6 is 0 Å². The van der Waals surface area contributed by atoms with Crippen LogP contribution in [-0.2, 0) is 9.84 Å². The van der Waals surface area contributed by atoms with Gasteiger partial charge in [0.15, 0.2) is 9.84 Å². The predicted octanol–water partition coefficient (Wildman–Crippen LogP) is 0.310. The first kappa shape index (κ1) is 14.2. The third-order valence-electron chi connectivity index (χ3n) is 3.89. The molecule has 7 nitrogen and oxygen atoms in total. The van der Waals surface area contributed by atoms with Crippen molar-refractivity contribution in [1.82, 2.24) is 14.9 Å². The highest BCUT2D eigenvalue weighted by Gasteiger charge is 2.33. The molecule has 2 aliphatic rings. The third-order valence-corrected chi connectivity index (χ3v) is 5.64. The van der Waals surface area contributed by atoms with E-state index in [0.29, 0.717) is 24.0 Å². The second-order valence-corrected chi connectivity index (χ2v) is 7.91. The first-order chi connectivity index (χ1) is 9.94. The van der Waals surface area contributed by atoms with Crippen molar-refractivity contribution in [2.45, 2.75) is 31.3 Å². The highest BCUT2D eigenvalue weighted by molar-refractivity contribution is 7.91. The minimum absolute atomic E-state index is 0.0352. The topological polar surface area (TPSA) is 92.3 Å². The van der Waals surface area contributed by atoms with Gasteiger partial charge in [0.05, 0.1) is 11.5 Å². The molecule has 0 bridgehead atoms. The number of aromatic nitrogens is 2. The number of rotatable bonds is 4. The van der Waals surface area contributed by atoms with Gasteiger partial charge in [-0.1, -0.05) is 0 Å². The van der Waals surface area contributed by atoms with Crippen LogP contribution in [0.15, 0.2) is 12.4 Å². The Morgan fingerprint density at radius 1 is 1.33 bits per heavy atom. The zero-order valence-corrected chi connectivity index (χ0v) is 12.6. The number of amides is 1. The quantitative estimate of drug-likeness (QED) is 0.860. The number of nitrogens with zero attached hydrogens (tertiary/aromatic N) is 3. The Balaban J connectivity index is 1.72. The summed E-state index contributed by atoms with van der Waals surface area (Å²) >= 11 is 0. The van der Waals surface area contributed by atoms with Crippen LogP contribution < -0.4 is 5.32 Å². The van der Waals surface area contributed by atoms with Crippen molar-refractivity contribution in [2.75, 3.05) is 23.9 Å². The number of anilines is 1. The molecule has 1 saturated heterocycles. The number of sulfone groups is 1. The summed E-state index contributed by atoms with van der Waals surface area (Å²) in [5, 5.41) is 3.21. The van der Waals surface area contributed by atoms with Crippen LogP contribution in [0.4, 0.5) is 5.82 Å².